The van der Waals surface area contributed by atoms with Crippen LogP contribution in [-0.2, 0) is 9.53 Å². The summed E-state index contributed by atoms with van der Waals surface area (Å²) in [6.07, 6.45) is 3.14. The molecule has 1 aliphatic rings. The van der Waals surface area contributed by atoms with Crippen molar-refractivity contribution in [3.05, 3.63) is 0 Å². The van der Waals surface area contributed by atoms with Crippen molar-refractivity contribution in [3.8, 4) is 0 Å². The van der Waals surface area contributed by atoms with Crippen LogP contribution < -0.4 is 11.5 Å². The number of nitrogens with two attached hydrogens (primary N) is 2. The Kier molecular flexibility index (Phi) is 5.56. The fourth-order valence-electron chi connectivity index (χ4n) is 2.58. The van der Waals surface area contributed by atoms with Crippen molar-refractivity contribution in [2.75, 3.05) is 19.7 Å². The Morgan fingerprint density at radius 3 is 2.83 bits per heavy atom. The number of likely N-dealkylation sites (tertiary alicyclic amines) is 1. The predicted molar refractivity (Wildman–Crippen MR) is 72.1 cm³/mol. The van der Waals surface area contributed by atoms with Gasteiger partial charge in [0.15, 0.2) is 0 Å². The van der Waals surface area contributed by atoms with Gasteiger partial charge < -0.3 is 16.2 Å². The maximum absolute atomic E-state index is 11.3. The van der Waals surface area contributed by atoms with E-state index in [0.717, 1.165) is 32.5 Å². The molecule has 5 heteroatoms. The van der Waals surface area contributed by atoms with Gasteiger partial charge in [-0.25, -0.2) is 0 Å². The van der Waals surface area contributed by atoms with Crippen LogP contribution in [-0.4, -0.2) is 48.2 Å². The molecule has 3 atom stereocenters. The van der Waals surface area contributed by atoms with Gasteiger partial charge in [-0.3, -0.25) is 9.69 Å². The van der Waals surface area contributed by atoms with E-state index < -0.39 is 11.4 Å². The molecule has 0 aromatic heterocycles. The summed E-state index contributed by atoms with van der Waals surface area (Å²) in [5, 5.41) is 0. The van der Waals surface area contributed by atoms with Gasteiger partial charge in [0.2, 0.25) is 5.91 Å². The largest absolute Gasteiger partial charge is 0.377 e. The van der Waals surface area contributed by atoms with Crippen LogP contribution in [0.1, 0.15) is 40.0 Å². The first-order valence-electron chi connectivity index (χ1n) is 6.81. The molecule has 1 heterocycles. The van der Waals surface area contributed by atoms with E-state index in [1.54, 1.807) is 6.92 Å². The highest BCUT2D eigenvalue weighted by atomic mass is 16.5. The number of piperidine rings is 1. The number of primary amides is 1. The van der Waals surface area contributed by atoms with E-state index in [0.29, 0.717) is 12.5 Å². The summed E-state index contributed by atoms with van der Waals surface area (Å²) < 4.78 is 5.68. The fraction of sp³-hybridized carbons (Fsp3) is 0.923. The molecule has 0 bridgehead atoms. The molecule has 5 nitrogen and oxygen atoms in total. The number of ether oxygens (including phenoxy) is 1. The molecule has 0 aromatic carbocycles. The Morgan fingerprint density at radius 1 is 1.61 bits per heavy atom. The Hall–Kier alpha value is -0.650. The van der Waals surface area contributed by atoms with Gasteiger partial charge in [-0.2, -0.15) is 0 Å². The first-order valence-corrected chi connectivity index (χ1v) is 6.81. The van der Waals surface area contributed by atoms with Gasteiger partial charge in [0.1, 0.15) is 0 Å². The third kappa shape index (κ3) is 4.23. The van der Waals surface area contributed by atoms with Crippen LogP contribution >= 0.6 is 0 Å². The maximum Gasteiger partial charge on any atom is 0.237 e. The van der Waals surface area contributed by atoms with Gasteiger partial charge in [0.25, 0.3) is 0 Å². The molecule has 1 amide bonds. The third-order valence-electron chi connectivity index (χ3n) is 3.72. The number of carbonyl (C=O) groups excluding carboxylic acids is 1. The lowest BCUT2D eigenvalue weighted by molar-refractivity contribution is -0.123. The van der Waals surface area contributed by atoms with Crippen molar-refractivity contribution < 1.29 is 9.53 Å². The Bertz CT molecular complexity index is 279. The fourth-order valence-corrected chi connectivity index (χ4v) is 2.58. The summed E-state index contributed by atoms with van der Waals surface area (Å²) in [5.41, 5.74) is 10.3. The molecule has 0 aromatic rings. The quantitative estimate of drug-likeness (QED) is 0.724. The number of rotatable bonds is 6. The molecule has 1 fully saturated rings. The normalized spacial score (nSPS) is 26.6. The number of hydrogen-bond donors (Lipinski definition) is 2. The van der Waals surface area contributed by atoms with E-state index in [2.05, 4.69) is 11.8 Å². The average molecular weight is 257 g/mol. The molecule has 3 unspecified atom stereocenters. The maximum atomic E-state index is 11.3. The molecular weight excluding hydrogens is 230 g/mol. The number of nitrogens with zero attached hydrogens (tertiary/aromatic N) is 1. The van der Waals surface area contributed by atoms with E-state index in [-0.39, 0.29) is 6.04 Å². The minimum Gasteiger partial charge on any atom is -0.377 e. The lowest BCUT2D eigenvalue weighted by atomic mass is 9.92. The van der Waals surface area contributed by atoms with Crippen molar-refractivity contribution in [2.24, 2.45) is 11.5 Å². The number of hydrogen-bond acceptors (Lipinski definition) is 4. The summed E-state index contributed by atoms with van der Waals surface area (Å²) in [7, 11) is 0. The van der Waals surface area contributed by atoms with Crippen molar-refractivity contribution in [1.29, 1.82) is 0 Å². The zero-order valence-electron chi connectivity index (χ0n) is 11.8. The molecule has 1 saturated heterocycles. The van der Waals surface area contributed by atoms with Crippen molar-refractivity contribution in [1.82, 2.24) is 4.90 Å². The zero-order chi connectivity index (χ0) is 13.8. The second-order valence-electron chi connectivity index (χ2n) is 5.55. The number of carbonyl (C=O) groups is 1. The first-order chi connectivity index (χ1) is 8.36. The van der Waals surface area contributed by atoms with Crippen LogP contribution in [0, 0.1) is 0 Å². The summed E-state index contributed by atoms with van der Waals surface area (Å²) in [6, 6.07) is 0.246. The van der Waals surface area contributed by atoms with E-state index in [1.807, 2.05) is 6.92 Å². The zero-order valence-corrected chi connectivity index (χ0v) is 11.8. The molecule has 0 saturated carbocycles. The third-order valence-corrected chi connectivity index (χ3v) is 3.72. The molecule has 0 spiro atoms. The Balaban J connectivity index is 2.50. The van der Waals surface area contributed by atoms with Gasteiger partial charge in [0, 0.05) is 19.2 Å². The molecule has 1 rings (SSSR count). The predicted octanol–water partition coefficient (Wildman–Crippen LogP) is 0.469. The van der Waals surface area contributed by atoms with Crippen LogP contribution in [0.4, 0.5) is 0 Å². The highest BCUT2D eigenvalue weighted by Gasteiger charge is 2.32. The molecule has 4 N–H and O–H groups in total. The van der Waals surface area contributed by atoms with Crippen molar-refractivity contribution in [3.63, 3.8) is 0 Å². The van der Waals surface area contributed by atoms with Crippen LogP contribution in [0.25, 0.3) is 0 Å². The monoisotopic (exact) mass is 257 g/mol. The molecule has 18 heavy (non-hydrogen) atoms. The molecule has 0 aliphatic carbocycles. The lowest BCUT2D eigenvalue weighted by Gasteiger charge is -2.38. The van der Waals surface area contributed by atoms with Crippen molar-refractivity contribution in [2.45, 2.75) is 57.7 Å². The summed E-state index contributed by atoms with van der Waals surface area (Å²) in [6.45, 7) is 8.54. The van der Waals surface area contributed by atoms with Gasteiger partial charge >= 0.3 is 0 Å². The topological polar surface area (TPSA) is 81.6 Å². The van der Waals surface area contributed by atoms with Gasteiger partial charge in [0.05, 0.1) is 11.6 Å². The van der Waals surface area contributed by atoms with Crippen LogP contribution in [0.5, 0.6) is 0 Å². The smallest absolute Gasteiger partial charge is 0.237 e. The van der Waals surface area contributed by atoms with E-state index in [1.165, 1.54) is 0 Å². The van der Waals surface area contributed by atoms with Crippen LogP contribution in [0.15, 0.2) is 0 Å². The highest BCUT2D eigenvalue weighted by Crippen LogP contribution is 2.20. The summed E-state index contributed by atoms with van der Waals surface area (Å²) in [4.78, 5) is 13.6. The highest BCUT2D eigenvalue weighted by molar-refractivity contribution is 5.83. The Morgan fingerprint density at radius 2 is 2.28 bits per heavy atom. The molecular formula is C13H27N3O2. The minimum atomic E-state index is -0.933. The van der Waals surface area contributed by atoms with E-state index in [9.17, 15) is 4.79 Å². The standard InChI is InChI=1S/C13H27N3O2/c1-4-18-11-6-5-7-16(9-11)10(2)8-13(3,15)12(14)17/h10-11H,4-9,15H2,1-3H3,(H2,14,17). The van der Waals surface area contributed by atoms with E-state index in [4.69, 9.17) is 16.2 Å². The summed E-state index contributed by atoms with van der Waals surface area (Å²) in [5.74, 6) is -0.437. The number of amides is 1. The average Bonchev–Trinajstić information content (AvgIpc) is 2.29. The first kappa shape index (κ1) is 15.4. The second kappa shape index (κ2) is 6.50. The van der Waals surface area contributed by atoms with Gasteiger partial charge in [-0.1, -0.05) is 0 Å². The minimum absolute atomic E-state index is 0.246. The van der Waals surface area contributed by atoms with Gasteiger partial charge in [-0.15, -0.1) is 0 Å². The second-order valence-corrected chi connectivity index (χ2v) is 5.55. The van der Waals surface area contributed by atoms with Crippen LogP contribution in [0.2, 0.25) is 0 Å². The summed E-state index contributed by atoms with van der Waals surface area (Å²) >= 11 is 0. The lowest BCUT2D eigenvalue weighted by Crippen LogP contribution is -2.54. The molecule has 106 valence electrons. The molecule has 1 aliphatic heterocycles. The van der Waals surface area contributed by atoms with Crippen molar-refractivity contribution >= 4 is 5.91 Å². The van der Waals surface area contributed by atoms with E-state index >= 15 is 0 Å². The Labute approximate surface area is 110 Å². The SMILES string of the molecule is CCOC1CCCN(C(C)CC(C)(N)C(N)=O)C1. The van der Waals surface area contributed by atoms with Gasteiger partial charge in [-0.05, 0) is 46.6 Å². The van der Waals surface area contributed by atoms with Crippen LogP contribution in [0.3, 0.4) is 0 Å². The molecule has 0 radical (unpaired) electrons.